The van der Waals surface area contributed by atoms with Crippen LogP contribution in [0.4, 0.5) is 31.7 Å². The maximum atomic E-state index is 15.2. The number of hydrogen-bond donors (Lipinski definition) is 3. The third-order valence-corrected chi connectivity index (χ3v) is 7.28. The Kier molecular flexibility index (Phi) is 10.0. The van der Waals surface area contributed by atoms with Crippen LogP contribution in [-0.4, -0.2) is 57.7 Å². The largest absolute Gasteiger partial charge is 0.492 e. The molecule has 0 aliphatic carbocycles. The molecule has 0 unspecified atom stereocenters. The Hall–Kier alpha value is -5.59. The predicted octanol–water partition coefficient (Wildman–Crippen LogP) is 5.92. The lowest BCUT2D eigenvalue weighted by atomic mass is 10.0. The topological polar surface area (TPSA) is 140 Å². The van der Waals surface area contributed by atoms with Gasteiger partial charge in [0.25, 0.3) is 0 Å². The highest BCUT2D eigenvalue weighted by Crippen LogP contribution is 2.35. The van der Waals surface area contributed by atoms with Crippen LogP contribution in [0.2, 0.25) is 0 Å². The lowest BCUT2D eigenvalue weighted by Crippen LogP contribution is -2.41. The molecular weight excluding hydrogens is 594 g/mol. The molecule has 46 heavy (non-hydrogen) atoms. The molecule has 0 saturated carbocycles. The molecule has 1 aliphatic heterocycles. The summed E-state index contributed by atoms with van der Waals surface area (Å²) in [5, 5.41) is 7.26. The fourth-order valence-corrected chi connectivity index (χ4v) is 4.89. The number of aromatic nitrogens is 3. The van der Waals surface area contributed by atoms with Crippen molar-refractivity contribution in [3.8, 4) is 11.5 Å². The summed E-state index contributed by atoms with van der Waals surface area (Å²) in [7, 11) is 0. The van der Waals surface area contributed by atoms with Crippen molar-refractivity contribution in [3.05, 3.63) is 90.9 Å². The van der Waals surface area contributed by atoms with Crippen LogP contribution in [0.15, 0.2) is 78.5 Å². The summed E-state index contributed by atoms with van der Waals surface area (Å²) in [6.07, 6.45) is 8.37. The fourth-order valence-electron chi connectivity index (χ4n) is 4.89. The first-order chi connectivity index (χ1) is 22.2. The van der Waals surface area contributed by atoms with E-state index in [4.69, 9.17) is 15.2 Å². The van der Waals surface area contributed by atoms with Crippen molar-refractivity contribution in [1.29, 1.82) is 0 Å². The maximum absolute atomic E-state index is 15.2. The zero-order valence-corrected chi connectivity index (χ0v) is 25.5. The SMILES string of the molecule is C=CC(=O)N1CCC(Nc2cc3c(Nc4ccc(O/C(N)=C/C=Nc5cnc(C)c(F)c5)cc4F)ncnc3cc2OCC)CC1. The van der Waals surface area contributed by atoms with Crippen LogP contribution in [0.3, 0.4) is 0 Å². The van der Waals surface area contributed by atoms with Crippen molar-refractivity contribution in [1.82, 2.24) is 19.9 Å². The second-order valence-corrected chi connectivity index (χ2v) is 10.4. The van der Waals surface area contributed by atoms with Gasteiger partial charge >= 0.3 is 0 Å². The van der Waals surface area contributed by atoms with E-state index >= 15 is 4.39 Å². The van der Waals surface area contributed by atoms with E-state index in [0.717, 1.165) is 18.5 Å². The van der Waals surface area contributed by atoms with Gasteiger partial charge in [-0.2, -0.15) is 0 Å². The van der Waals surface area contributed by atoms with Crippen LogP contribution < -0.4 is 25.8 Å². The first-order valence-corrected chi connectivity index (χ1v) is 14.7. The van der Waals surface area contributed by atoms with Gasteiger partial charge in [-0.15, -0.1) is 0 Å². The number of fused-ring (bicyclic) bond motifs is 1. The molecule has 13 heteroatoms. The highest BCUT2D eigenvalue weighted by molar-refractivity contribution is 5.95. The number of allylic oxidation sites excluding steroid dienone is 1. The minimum Gasteiger partial charge on any atom is -0.492 e. The number of carbonyl (C=O) groups is 1. The van der Waals surface area contributed by atoms with Crippen molar-refractivity contribution in [2.45, 2.75) is 32.7 Å². The standard InChI is InChI=1S/C33H34F2N8O3/c1-4-32(44)43-12-9-21(10-13-43)41-29-16-24-28(17-30(29)45-5-2)39-19-40-33(24)42-27-7-6-23(15-26(27)35)46-31(36)8-11-37-22-14-25(34)20(3)38-18-22/h4,6-8,11,14-19,21,41H,1,5,9-10,12-13,36H2,2-3H3,(H,39,40,42)/b31-8+,37-11?. The molecular formula is C33H34F2N8O3. The summed E-state index contributed by atoms with van der Waals surface area (Å²) in [4.78, 5) is 30.5. The van der Waals surface area contributed by atoms with Crippen molar-refractivity contribution >= 4 is 45.9 Å². The molecule has 1 aliphatic rings. The van der Waals surface area contributed by atoms with Gasteiger partial charge < -0.3 is 30.7 Å². The van der Waals surface area contributed by atoms with Gasteiger partial charge in [-0.3, -0.25) is 14.8 Å². The van der Waals surface area contributed by atoms with E-state index in [-0.39, 0.29) is 35.0 Å². The highest BCUT2D eigenvalue weighted by Gasteiger charge is 2.23. The molecule has 5 rings (SSSR count). The number of nitrogens with two attached hydrogens (primary N) is 1. The number of nitrogens with one attached hydrogen (secondary N) is 2. The normalized spacial score (nSPS) is 14.0. The molecule has 1 amide bonds. The molecule has 0 spiro atoms. The monoisotopic (exact) mass is 628 g/mol. The molecule has 2 aromatic heterocycles. The number of hydrogen-bond acceptors (Lipinski definition) is 10. The number of pyridine rings is 1. The van der Waals surface area contributed by atoms with Crippen LogP contribution in [0.1, 0.15) is 25.5 Å². The lowest BCUT2D eigenvalue weighted by molar-refractivity contribution is -0.126. The van der Waals surface area contributed by atoms with E-state index in [2.05, 4.69) is 37.2 Å². The highest BCUT2D eigenvalue weighted by atomic mass is 19.1. The minimum absolute atomic E-state index is 0.0469. The quantitative estimate of drug-likeness (QED) is 0.105. The van der Waals surface area contributed by atoms with Crippen LogP contribution in [0.25, 0.3) is 10.9 Å². The average Bonchev–Trinajstić information content (AvgIpc) is 3.04. The molecule has 2 aromatic carbocycles. The zero-order valence-electron chi connectivity index (χ0n) is 25.5. The summed E-state index contributed by atoms with van der Waals surface area (Å²) in [5.74, 6) is 0.00695. The van der Waals surface area contributed by atoms with E-state index in [1.165, 1.54) is 49.1 Å². The van der Waals surface area contributed by atoms with E-state index in [9.17, 15) is 9.18 Å². The molecule has 3 heterocycles. The molecule has 11 nitrogen and oxygen atoms in total. The Morgan fingerprint density at radius 1 is 1.13 bits per heavy atom. The number of benzene rings is 2. The van der Waals surface area contributed by atoms with E-state index in [1.54, 1.807) is 17.9 Å². The minimum atomic E-state index is -0.600. The number of carbonyl (C=O) groups excluding carboxylic acids is 1. The third kappa shape index (κ3) is 7.73. The van der Waals surface area contributed by atoms with Gasteiger partial charge in [0, 0.05) is 55.0 Å². The number of nitrogens with zero attached hydrogens (tertiary/aromatic N) is 5. The number of aliphatic imine (C=N–C) groups is 1. The smallest absolute Gasteiger partial charge is 0.245 e. The first-order valence-electron chi connectivity index (χ1n) is 14.7. The first kappa shape index (κ1) is 31.8. The van der Waals surface area contributed by atoms with Gasteiger partial charge in [0.1, 0.15) is 35.3 Å². The second-order valence-electron chi connectivity index (χ2n) is 10.4. The Morgan fingerprint density at radius 2 is 1.93 bits per heavy atom. The Labute approximate surface area is 264 Å². The number of amides is 1. The summed E-state index contributed by atoms with van der Waals surface area (Å²) in [5.41, 5.74) is 8.01. The number of rotatable bonds is 11. The Bertz CT molecular complexity index is 1810. The van der Waals surface area contributed by atoms with Crippen LogP contribution in [0, 0.1) is 18.6 Å². The van der Waals surface area contributed by atoms with Gasteiger partial charge in [-0.25, -0.2) is 18.7 Å². The molecule has 238 valence electrons. The fraction of sp³-hybridized carbons (Fsp3) is 0.242. The number of piperidine rings is 1. The molecule has 0 atom stereocenters. The van der Waals surface area contributed by atoms with Gasteiger partial charge in [0.2, 0.25) is 5.91 Å². The second kappa shape index (κ2) is 14.5. The molecule has 0 bridgehead atoms. The number of anilines is 3. The average molecular weight is 629 g/mol. The van der Waals surface area contributed by atoms with E-state index in [1.807, 2.05) is 19.1 Å². The summed E-state index contributed by atoms with van der Waals surface area (Å²) in [6.45, 7) is 8.73. The molecule has 1 fully saturated rings. The van der Waals surface area contributed by atoms with Crippen molar-refractivity contribution in [3.63, 3.8) is 0 Å². The number of likely N-dealkylation sites (tertiary alicyclic amines) is 1. The summed E-state index contributed by atoms with van der Waals surface area (Å²) in [6, 6.07) is 9.32. The van der Waals surface area contributed by atoms with Gasteiger partial charge in [0.05, 0.1) is 41.1 Å². The Balaban J connectivity index is 1.30. The number of halogens is 2. The van der Waals surface area contributed by atoms with Crippen LogP contribution in [0.5, 0.6) is 11.5 Å². The number of aryl methyl sites for hydroxylation is 1. The van der Waals surface area contributed by atoms with Crippen molar-refractivity contribution < 1.29 is 23.0 Å². The van der Waals surface area contributed by atoms with E-state index < -0.39 is 11.6 Å². The lowest BCUT2D eigenvalue weighted by Gasteiger charge is -2.32. The van der Waals surface area contributed by atoms with Gasteiger partial charge in [0.15, 0.2) is 5.88 Å². The number of ether oxygens (including phenoxy) is 2. The molecule has 4 N–H and O–H groups in total. The maximum Gasteiger partial charge on any atom is 0.245 e. The molecule has 4 aromatic rings. The Morgan fingerprint density at radius 3 is 2.65 bits per heavy atom. The predicted molar refractivity (Wildman–Crippen MR) is 174 cm³/mol. The third-order valence-electron chi connectivity index (χ3n) is 7.28. The van der Waals surface area contributed by atoms with Crippen molar-refractivity contribution in [2.24, 2.45) is 10.7 Å². The molecule has 0 radical (unpaired) electrons. The summed E-state index contributed by atoms with van der Waals surface area (Å²) < 4.78 is 40.3. The van der Waals surface area contributed by atoms with E-state index in [0.29, 0.717) is 47.9 Å². The van der Waals surface area contributed by atoms with Crippen molar-refractivity contribution in [2.75, 3.05) is 30.3 Å². The zero-order chi connectivity index (χ0) is 32.6. The van der Waals surface area contributed by atoms with Crippen LogP contribution >= 0.6 is 0 Å². The summed E-state index contributed by atoms with van der Waals surface area (Å²) >= 11 is 0. The van der Waals surface area contributed by atoms with Crippen LogP contribution in [-0.2, 0) is 4.79 Å². The molecule has 1 saturated heterocycles. The van der Waals surface area contributed by atoms with Gasteiger partial charge in [-0.05, 0) is 51.0 Å². The van der Waals surface area contributed by atoms with Gasteiger partial charge in [-0.1, -0.05) is 6.58 Å².